The third-order valence-electron chi connectivity index (χ3n) is 2.74. The molecule has 1 amide bonds. The Kier molecular flexibility index (Phi) is 4.11. The zero-order chi connectivity index (χ0) is 13.8. The van der Waals surface area contributed by atoms with Gasteiger partial charge in [0.05, 0.1) is 0 Å². The van der Waals surface area contributed by atoms with Crippen molar-refractivity contribution in [3.05, 3.63) is 34.6 Å². The van der Waals surface area contributed by atoms with Crippen LogP contribution in [0, 0.1) is 11.7 Å². The van der Waals surface area contributed by atoms with E-state index < -0.39 is 0 Å². The Labute approximate surface area is 116 Å². The van der Waals surface area contributed by atoms with Crippen LogP contribution in [0.2, 0.25) is 0 Å². The number of aromatic nitrogens is 3. The molecular weight excluding hydrogens is 260 g/mol. The highest BCUT2D eigenvalue weighted by Gasteiger charge is 2.11. The number of aryl methyl sites for hydroxylation is 1. The van der Waals surface area contributed by atoms with Gasteiger partial charge in [0, 0.05) is 12.1 Å². The van der Waals surface area contributed by atoms with Gasteiger partial charge >= 0.3 is 0 Å². The Balaban J connectivity index is 2.34. The Hall–Kier alpha value is -1.95. The maximum absolute atomic E-state index is 11.7. The number of carbonyl (C=O) groups excluding carboxylic acids is 1. The highest BCUT2D eigenvalue weighted by Crippen LogP contribution is 2.17. The number of H-pyrrole nitrogens is 1. The second-order valence-corrected chi connectivity index (χ2v) is 4.64. The number of carbonyl (C=O) groups is 1. The number of amides is 1. The van der Waals surface area contributed by atoms with Crippen molar-refractivity contribution >= 4 is 18.1 Å². The molecule has 1 aromatic carbocycles. The topological polar surface area (TPSA) is 62.7 Å². The Morgan fingerprint density at radius 1 is 1.42 bits per heavy atom. The number of nitrogens with one attached hydrogen (secondary N) is 2. The molecule has 0 aliphatic rings. The van der Waals surface area contributed by atoms with E-state index >= 15 is 0 Å². The first-order valence-corrected chi connectivity index (χ1v) is 6.51. The van der Waals surface area contributed by atoms with Crippen LogP contribution in [0.4, 0.5) is 0 Å². The molecule has 6 heteroatoms. The summed E-state index contributed by atoms with van der Waals surface area (Å²) in [6, 6.07) is 7.94. The summed E-state index contributed by atoms with van der Waals surface area (Å²) in [7, 11) is 0. The van der Waals surface area contributed by atoms with Crippen molar-refractivity contribution in [3.63, 3.8) is 0 Å². The van der Waals surface area contributed by atoms with Gasteiger partial charge in [-0.2, -0.15) is 5.10 Å². The first-order chi connectivity index (χ1) is 9.11. The van der Waals surface area contributed by atoms with E-state index in [2.05, 4.69) is 15.5 Å². The van der Waals surface area contributed by atoms with Crippen molar-refractivity contribution in [2.45, 2.75) is 20.4 Å². The average Bonchev–Trinajstić information content (AvgIpc) is 2.73. The smallest absolute Gasteiger partial charge is 0.240 e. The summed E-state index contributed by atoms with van der Waals surface area (Å²) < 4.78 is 2.15. The molecule has 0 bridgehead atoms. The summed E-state index contributed by atoms with van der Waals surface area (Å²) >= 11 is 5.17. The molecule has 5 nitrogen and oxygen atoms in total. The largest absolute Gasteiger partial charge is 0.355 e. The van der Waals surface area contributed by atoms with E-state index in [1.807, 2.05) is 38.1 Å². The SMILES string of the molecule is CCNC(=O)Cn1c(-c2ccc(C)cc2)n[nH]c1=S. The second-order valence-electron chi connectivity index (χ2n) is 4.26. The molecule has 0 aliphatic carbocycles. The molecule has 1 heterocycles. The normalized spacial score (nSPS) is 10.4. The molecular formula is C13H16N4OS. The molecule has 0 fully saturated rings. The van der Waals surface area contributed by atoms with Crippen LogP contribution in [0.1, 0.15) is 12.5 Å². The van der Waals surface area contributed by atoms with Gasteiger partial charge in [-0.25, -0.2) is 0 Å². The molecule has 100 valence electrons. The molecule has 1 aromatic heterocycles. The van der Waals surface area contributed by atoms with Gasteiger partial charge in [-0.3, -0.25) is 14.5 Å². The summed E-state index contributed by atoms with van der Waals surface area (Å²) in [5, 5.41) is 9.68. The zero-order valence-electron chi connectivity index (χ0n) is 10.9. The van der Waals surface area contributed by atoms with Crippen molar-refractivity contribution in [1.82, 2.24) is 20.1 Å². The van der Waals surface area contributed by atoms with Crippen molar-refractivity contribution in [2.75, 3.05) is 6.54 Å². The van der Waals surface area contributed by atoms with Crippen LogP contribution in [0.5, 0.6) is 0 Å². The molecule has 0 saturated carbocycles. The summed E-state index contributed by atoms with van der Waals surface area (Å²) in [5.41, 5.74) is 2.11. The molecule has 0 aliphatic heterocycles. The van der Waals surface area contributed by atoms with Crippen molar-refractivity contribution < 1.29 is 4.79 Å². The van der Waals surface area contributed by atoms with Crippen LogP contribution in [0.3, 0.4) is 0 Å². The van der Waals surface area contributed by atoms with Gasteiger partial charge in [0.1, 0.15) is 6.54 Å². The van der Waals surface area contributed by atoms with Gasteiger partial charge in [0.25, 0.3) is 0 Å². The molecule has 0 unspecified atom stereocenters. The maximum atomic E-state index is 11.7. The number of hydrogen-bond acceptors (Lipinski definition) is 3. The van der Waals surface area contributed by atoms with Gasteiger partial charge < -0.3 is 5.32 Å². The molecule has 0 spiro atoms. The maximum Gasteiger partial charge on any atom is 0.240 e. The van der Waals surface area contributed by atoms with Crippen molar-refractivity contribution in [2.24, 2.45) is 0 Å². The van der Waals surface area contributed by atoms with Crippen LogP contribution >= 0.6 is 12.2 Å². The van der Waals surface area contributed by atoms with Crippen LogP contribution in [-0.2, 0) is 11.3 Å². The lowest BCUT2D eigenvalue weighted by Crippen LogP contribution is -2.27. The Morgan fingerprint density at radius 2 is 2.11 bits per heavy atom. The predicted molar refractivity (Wildman–Crippen MR) is 76.3 cm³/mol. The van der Waals surface area contributed by atoms with Gasteiger partial charge in [0.2, 0.25) is 5.91 Å². The standard InChI is InChI=1S/C13H16N4OS/c1-3-14-11(18)8-17-12(15-16-13(17)19)10-6-4-9(2)5-7-10/h4-7H,3,8H2,1-2H3,(H,14,18)(H,16,19). The lowest BCUT2D eigenvalue weighted by Gasteiger charge is -2.07. The fraction of sp³-hybridized carbons (Fsp3) is 0.308. The second kappa shape index (κ2) is 5.79. The molecule has 2 aromatic rings. The van der Waals surface area contributed by atoms with Crippen molar-refractivity contribution in [1.29, 1.82) is 0 Å². The zero-order valence-corrected chi connectivity index (χ0v) is 11.8. The van der Waals surface area contributed by atoms with E-state index in [0.29, 0.717) is 17.1 Å². The molecule has 0 atom stereocenters. The van der Waals surface area contributed by atoms with E-state index in [1.165, 1.54) is 5.56 Å². The van der Waals surface area contributed by atoms with Gasteiger partial charge in [-0.05, 0) is 26.1 Å². The minimum Gasteiger partial charge on any atom is -0.355 e. The number of hydrogen-bond donors (Lipinski definition) is 2. The van der Waals surface area contributed by atoms with E-state index in [1.54, 1.807) is 4.57 Å². The number of rotatable bonds is 4. The van der Waals surface area contributed by atoms with E-state index in [0.717, 1.165) is 5.56 Å². The number of likely N-dealkylation sites (N-methyl/N-ethyl adjacent to an activating group) is 1. The monoisotopic (exact) mass is 276 g/mol. The predicted octanol–water partition coefficient (Wildman–Crippen LogP) is 2.05. The Bertz CT molecular complexity index is 627. The number of nitrogens with zero attached hydrogens (tertiary/aromatic N) is 2. The molecule has 19 heavy (non-hydrogen) atoms. The van der Waals surface area contributed by atoms with E-state index in [-0.39, 0.29) is 12.5 Å². The first kappa shape index (κ1) is 13.5. The summed E-state index contributed by atoms with van der Waals surface area (Å²) in [6.45, 7) is 4.68. The first-order valence-electron chi connectivity index (χ1n) is 6.10. The quantitative estimate of drug-likeness (QED) is 0.840. The third kappa shape index (κ3) is 3.08. The van der Waals surface area contributed by atoms with E-state index in [4.69, 9.17) is 12.2 Å². The fourth-order valence-electron chi connectivity index (χ4n) is 1.78. The Morgan fingerprint density at radius 3 is 2.74 bits per heavy atom. The summed E-state index contributed by atoms with van der Waals surface area (Å²) in [4.78, 5) is 11.7. The lowest BCUT2D eigenvalue weighted by molar-refractivity contribution is -0.121. The lowest BCUT2D eigenvalue weighted by atomic mass is 10.1. The number of aromatic amines is 1. The van der Waals surface area contributed by atoms with Gasteiger partial charge in [0.15, 0.2) is 10.6 Å². The van der Waals surface area contributed by atoms with Crippen LogP contribution in [-0.4, -0.2) is 27.2 Å². The van der Waals surface area contributed by atoms with Crippen LogP contribution < -0.4 is 5.32 Å². The molecule has 2 N–H and O–H groups in total. The molecule has 0 radical (unpaired) electrons. The molecule has 0 saturated heterocycles. The summed E-state index contributed by atoms with van der Waals surface area (Å²) in [5.74, 6) is 0.601. The minimum atomic E-state index is -0.0756. The fourth-order valence-corrected chi connectivity index (χ4v) is 1.98. The van der Waals surface area contributed by atoms with Crippen LogP contribution in [0.25, 0.3) is 11.4 Å². The highest BCUT2D eigenvalue weighted by molar-refractivity contribution is 7.71. The highest BCUT2D eigenvalue weighted by atomic mass is 32.1. The third-order valence-corrected chi connectivity index (χ3v) is 3.06. The molecule has 2 rings (SSSR count). The van der Waals surface area contributed by atoms with Crippen molar-refractivity contribution in [3.8, 4) is 11.4 Å². The number of benzene rings is 1. The van der Waals surface area contributed by atoms with Gasteiger partial charge in [-0.15, -0.1) is 0 Å². The average molecular weight is 276 g/mol. The minimum absolute atomic E-state index is 0.0756. The van der Waals surface area contributed by atoms with Gasteiger partial charge in [-0.1, -0.05) is 29.8 Å². The summed E-state index contributed by atoms with van der Waals surface area (Å²) in [6.07, 6.45) is 0. The van der Waals surface area contributed by atoms with E-state index in [9.17, 15) is 4.79 Å². The van der Waals surface area contributed by atoms with Crippen LogP contribution in [0.15, 0.2) is 24.3 Å².